The Bertz CT molecular complexity index is 892. The maximum atomic E-state index is 12.3. The Morgan fingerprint density at radius 1 is 1.04 bits per heavy atom. The average molecular weight is 405 g/mol. The molecule has 8 heteroatoms. The third-order valence-electron chi connectivity index (χ3n) is 4.37. The maximum Gasteiger partial charge on any atom is 0.341 e. The number of anilines is 2. The fraction of sp³-hybridized carbons (Fsp3) is 0.316. The van der Waals surface area contributed by atoms with E-state index in [0.717, 1.165) is 31.2 Å². The monoisotopic (exact) mass is 404 g/mol. The van der Waals surface area contributed by atoms with E-state index < -0.39 is 5.97 Å². The van der Waals surface area contributed by atoms with Gasteiger partial charge in [0.05, 0.1) is 31.0 Å². The summed E-state index contributed by atoms with van der Waals surface area (Å²) >= 11 is 6.93. The van der Waals surface area contributed by atoms with Gasteiger partial charge in [-0.15, -0.1) is 11.3 Å². The third-order valence-corrected chi connectivity index (χ3v) is 5.78. The second-order valence-corrected chi connectivity index (χ2v) is 7.54. The van der Waals surface area contributed by atoms with Crippen LogP contribution >= 0.6 is 23.6 Å². The van der Waals surface area contributed by atoms with Gasteiger partial charge in [0.2, 0.25) is 0 Å². The zero-order valence-electron chi connectivity index (χ0n) is 15.1. The van der Waals surface area contributed by atoms with Crippen LogP contribution in [0.3, 0.4) is 0 Å². The van der Waals surface area contributed by atoms with Gasteiger partial charge in [0.25, 0.3) is 0 Å². The predicted octanol–water partition coefficient (Wildman–Crippen LogP) is 4.01. The molecule has 3 rings (SSSR count). The standard InChI is InChI=1S/C19H20N2O4S2/c1-24-17(22)11-7-3-5-9-13(11)20-19(26)21-16-15(18(23)25-2)12-8-4-6-10-14(12)27-16/h3,5,7,9H,4,6,8,10H2,1-2H3,(H2,20,21,26). The second kappa shape index (κ2) is 8.49. The van der Waals surface area contributed by atoms with Crippen LogP contribution in [0.5, 0.6) is 0 Å². The Kier molecular flexibility index (Phi) is 6.08. The highest BCUT2D eigenvalue weighted by Gasteiger charge is 2.26. The molecule has 0 unspecified atom stereocenters. The normalized spacial score (nSPS) is 12.7. The highest BCUT2D eigenvalue weighted by atomic mass is 32.1. The number of nitrogens with one attached hydrogen (secondary N) is 2. The quantitative estimate of drug-likeness (QED) is 0.589. The summed E-state index contributed by atoms with van der Waals surface area (Å²) in [6.45, 7) is 0. The number of para-hydroxylation sites is 1. The van der Waals surface area contributed by atoms with E-state index in [9.17, 15) is 9.59 Å². The van der Waals surface area contributed by atoms with Crippen molar-refractivity contribution in [2.45, 2.75) is 25.7 Å². The zero-order valence-corrected chi connectivity index (χ0v) is 16.7. The Hall–Kier alpha value is -2.45. The van der Waals surface area contributed by atoms with E-state index in [-0.39, 0.29) is 11.1 Å². The van der Waals surface area contributed by atoms with Crippen LogP contribution in [0.4, 0.5) is 10.7 Å². The first-order valence-corrected chi connectivity index (χ1v) is 9.75. The summed E-state index contributed by atoms with van der Waals surface area (Å²) in [6.07, 6.45) is 3.99. The highest BCUT2D eigenvalue weighted by molar-refractivity contribution is 7.80. The molecule has 0 atom stereocenters. The minimum atomic E-state index is -0.456. The molecular weight excluding hydrogens is 384 g/mol. The summed E-state index contributed by atoms with van der Waals surface area (Å²) in [5.41, 5.74) is 2.52. The summed E-state index contributed by atoms with van der Waals surface area (Å²) in [5.74, 6) is -0.822. The van der Waals surface area contributed by atoms with E-state index in [2.05, 4.69) is 10.6 Å². The van der Waals surface area contributed by atoms with Crippen molar-refractivity contribution in [2.75, 3.05) is 24.9 Å². The van der Waals surface area contributed by atoms with Crippen LogP contribution in [-0.4, -0.2) is 31.3 Å². The molecule has 0 amide bonds. The molecule has 0 fully saturated rings. The van der Waals surface area contributed by atoms with Crippen molar-refractivity contribution in [3.05, 3.63) is 45.8 Å². The Morgan fingerprint density at radius 2 is 1.74 bits per heavy atom. The van der Waals surface area contributed by atoms with Gasteiger partial charge in [0.15, 0.2) is 5.11 Å². The highest BCUT2D eigenvalue weighted by Crippen LogP contribution is 2.38. The molecule has 2 aromatic rings. The first-order valence-electron chi connectivity index (χ1n) is 8.53. The first-order chi connectivity index (χ1) is 13.0. The number of rotatable bonds is 4. The summed E-state index contributed by atoms with van der Waals surface area (Å²) in [4.78, 5) is 25.4. The molecular formula is C19H20N2O4S2. The van der Waals surface area contributed by atoms with E-state index in [0.29, 0.717) is 21.8 Å². The molecule has 0 spiro atoms. The number of carbonyl (C=O) groups excluding carboxylic acids is 2. The number of carbonyl (C=O) groups is 2. The lowest BCUT2D eigenvalue weighted by atomic mass is 9.95. The van der Waals surface area contributed by atoms with Crippen LogP contribution in [0.25, 0.3) is 0 Å². The third kappa shape index (κ3) is 4.12. The van der Waals surface area contributed by atoms with E-state index in [1.165, 1.54) is 30.4 Å². The van der Waals surface area contributed by atoms with Crippen LogP contribution in [-0.2, 0) is 22.3 Å². The van der Waals surface area contributed by atoms with Crippen LogP contribution < -0.4 is 10.6 Å². The number of thiophene rings is 1. The number of aryl methyl sites for hydroxylation is 1. The summed E-state index contributed by atoms with van der Waals surface area (Å²) < 4.78 is 9.76. The fourth-order valence-corrected chi connectivity index (χ4v) is 4.67. The number of benzene rings is 1. The van der Waals surface area contributed by atoms with Gasteiger partial charge in [-0.1, -0.05) is 12.1 Å². The van der Waals surface area contributed by atoms with Gasteiger partial charge in [-0.25, -0.2) is 9.59 Å². The van der Waals surface area contributed by atoms with Crippen molar-refractivity contribution in [3.63, 3.8) is 0 Å². The molecule has 6 nitrogen and oxygen atoms in total. The van der Waals surface area contributed by atoms with E-state index in [1.54, 1.807) is 24.3 Å². The zero-order chi connectivity index (χ0) is 19.4. The molecule has 0 aliphatic heterocycles. The molecule has 27 heavy (non-hydrogen) atoms. The van der Waals surface area contributed by atoms with Gasteiger partial charge in [-0.05, 0) is 55.6 Å². The molecule has 1 aliphatic rings. The topological polar surface area (TPSA) is 76.7 Å². The summed E-state index contributed by atoms with van der Waals surface area (Å²) in [6, 6.07) is 6.93. The smallest absolute Gasteiger partial charge is 0.341 e. The number of hydrogen-bond donors (Lipinski definition) is 2. The van der Waals surface area contributed by atoms with Gasteiger partial charge in [0.1, 0.15) is 5.00 Å². The van der Waals surface area contributed by atoms with Gasteiger partial charge in [0, 0.05) is 4.88 Å². The number of methoxy groups -OCH3 is 2. The van der Waals surface area contributed by atoms with Crippen molar-refractivity contribution in [2.24, 2.45) is 0 Å². The maximum absolute atomic E-state index is 12.3. The van der Waals surface area contributed by atoms with Crippen LogP contribution in [0, 0.1) is 0 Å². The van der Waals surface area contributed by atoms with Gasteiger partial charge in [-0.3, -0.25) is 0 Å². The largest absolute Gasteiger partial charge is 0.465 e. The number of hydrogen-bond acceptors (Lipinski definition) is 6. The Labute approximate surface area is 166 Å². The number of ether oxygens (including phenoxy) is 2. The van der Waals surface area contributed by atoms with Crippen molar-refractivity contribution < 1.29 is 19.1 Å². The second-order valence-electron chi connectivity index (χ2n) is 6.02. The fourth-order valence-electron chi connectivity index (χ4n) is 3.11. The summed E-state index contributed by atoms with van der Waals surface area (Å²) in [5, 5.41) is 7.07. The lowest BCUT2D eigenvalue weighted by molar-refractivity contribution is 0.0592. The van der Waals surface area contributed by atoms with Crippen LogP contribution in [0.1, 0.15) is 44.0 Å². The predicted molar refractivity (Wildman–Crippen MR) is 110 cm³/mol. The lowest BCUT2D eigenvalue weighted by Gasteiger charge is -2.14. The van der Waals surface area contributed by atoms with E-state index in [1.807, 2.05) is 0 Å². The van der Waals surface area contributed by atoms with E-state index >= 15 is 0 Å². The average Bonchev–Trinajstić information content (AvgIpc) is 3.04. The van der Waals surface area contributed by atoms with Crippen molar-refractivity contribution in [1.82, 2.24) is 0 Å². The minimum absolute atomic E-state index is 0.287. The molecule has 1 heterocycles. The van der Waals surface area contributed by atoms with Gasteiger partial charge < -0.3 is 20.1 Å². The number of esters is 2. The van der Waals surface area contributed by atoms with Crippen LogP contribution in [0.2, 0.25) is 0 Å². The molecule has 0 bridgehead atoms. The van der Waals surface area contributed by atoms with Crippen LogP contribution in [0.15, 0.2) is 24.3 Å². The number of fused-ring (bicyclic) bond motifs is 1. The van der Waals surface area contributed by atoms with E-state index in [4.69, 9.17) is 21.7 Å². The molecule has 0 saturated carbocycles. The molecule has 142 valence electrons. The molecule has 0 saturated heterocycles. The molecule has 1 aliphatic carbocycles. The SMILES string of the molecule is COC(=O)c1ccccc1NC(=S)Nc1sc2c(c1C(=O)OC)CCCC2. The Balaban J connectivity index is 1.84. The van der Waals surface area contributed by atoms with Gasteiger partial charge >= 0.3 is 11.9 Å². The molecule has 0 radical (unpaired) electrons. The lowest BCUT2D eigenvalue weighted by Crippen LogP contribution is -2.22. The van der Waals surface area contributed by atoms with Crippen molar-refractivity contribution in [1.29, 1.82) is 0 Å². The Morgan fingerprint density at radius 3 is 2.48 bits per heavy atom. The van der Waals surface area contributed by atoms with Crippen molar-refractivity contribution >= 4 is 51.3 Å². The van der Waals surface area contributed by atoms with Crippen molar-refractivity contribution in [3.8, 4) is 0 Å². The molecule has 1 aromatic heterocycles. The number of thiocarbonyl (C=S) groups is 1. The minimum Gasteiger partial charge on any atom is -0.465 e. The summed E-state index contributed by atoms with van der Waals surface area (Å²) in [7, 11) is 2.71. The molecule has 2 N–H and O–H groups in total. The first kappa shape index (κ1) is 19.3. The van der Waals surface area contributed by atoms with Gasteiger partial charge in [-0.2, -0.15) is 0 Å². The molecule has 1 aromatic carbocycles.